The predicted molar refractivity (Wildman–Crippen MR) is 65.4 cm³/mol. The number of rotatable bonds is 3. The monoisotopic (exact) mass is 329 g/mol. The molecule has 0 bridgehead atoms. The molecule has 1 amide bonds. The molecule has 1 N–H and O–H groups in total. The van der Waals surface area contributed by atoms with Crippen molar-refractivity contribution >= 4 is 38.0 Å². The SMILES string of the molecule is CC(CBr)(CBr)NC(=O)OC(C)(C)C. The van der Waals surface area contributed by atoms with E-state index in [1.165, 1.54) is 0 Å². The molecular formula is C9H17Br2NO2. The standard InChI is InChI=1S/C9H17Br2NO2/c1-8(2,3)14-7(13)12-9(4,5-10)6-11/h5-6H2,1-4H3,(H,12,13). The summed E-state index contributed by atoms with van der Waals surface area (Å²) in [6.07, 6.45) is -0.390. The van der Waals surface area contributed by atoms with Crippen molar-refractivity contribution in [2.75, 3.05) is 10.7 Å². The summed E-state index contributed by atoms with van der Waals surface area (Å²) < 4.78 is 5.15. The zero-order chi connectivity index (χ0) is 11.4. The number of hydrogen-bond donors (Lipinski definition) is 1. The molecule has 0 aliphatic rings. The number of carbonyl (C=O) groups excluding carboxylic acids is 1. The summed E-state index contributed by atoms with van der Waals surface area (Å²) in [6.45, 7) is 7.45. The third-order valence-electron chi connectivity index (χ3n) is 1.39. The van der Waals surface area contributed by atoms with E-state index in [9.17, 15) is 4.79 Å². The van der Waals surface area contributed by atoms with Gasteiger partial charge in [-0.1, -0.05) is 31.9 Å². The molecule has 0 aromatic rings. The normalized spacial score (nSPS) is 12.4. The summed E-state index contributed by atoms with van der Waals surface area (Å²) >= 11 is 6.68. The molecule has 5 heteroatoms. The van der Waals surface area contributed by atoms with Gasteiger partial charge in [0.15, 0.2) is 0 Å². The highest BCUT2D eigenvalue weighted by molar-refractivity contribution is 9.09. The number of amides is 1. The fourth-order valence-corrected chi connectivity index (χ4v) is 1.86. The van der Waals surface area contributed by atoms with Crippen molar-refractivity contribution in [1.29, 1.82) is 0 Å². The minimum absolute atomic E-state index is 0.317. The van der Waals surface area contributed by atoms with Crippen LogP contribution in [0.5, 0.6) is 0 Å². The number of hydrogen-bond acceptors (Lipinski definition) is 2. The van der Waals surface area contributed by atoms with E-state index in [1.54, 1.807) is 0 Å². The molecule has 0 atom stereocenters. The van der Waals surface area contributed by atoms with E-state index in [2.05, 4.69) is 37.2 Å². The van der Waals surface area contributed by atoms with Crippen LogP contribution in [0.1, 0.15) is 27.7 Å². The number of nitrogens with one attached hydrogen (secondary N) is 1. The zero-order valence-electron chi connectivity index (χ0n) is 8.99. The van der Waals surface area contributed by atoms with Gasteiger partial charge in [-0.05, 0) is 27.7 Å². The Balaban J connectivity index is 4.18. The Kier molecular flexibility index (Phi) is 5.44. The smallest absolute Gasteiger partial charge is 0.408 e. The summed E-state index contributed by atoms with van der Waals surface area (Å²) in [4.78, 5) is 11.4. The predicted octanol–water partition coefficient (Wildman–Crippen LogP) is 3.06. The van der Waals surface area contributed by atoms with Crippen LogP contribution in [0.3, 0.4) is 0 Å². The van der Waals surface area contributed by atoms with Crippen molar-refractivity contribution in [2.24, 2.45) is 0 Å². The van der Waals surface area contributed by atoms with Crippen molar-refractivity contribution in [3.05, 3.63) is 0 Å². The molecule has 0 rings (SSSR count). The number of alkyl carbamates (subject to hydrolysis) is 1. The van der Waals surface area contributed by atoms with Crippen molar-refractivity contribution in [3.63, 3.8) is 0 Å². The third-order valence-corrected chi connectivity index (χ3v) is 3.87. The van der Waals surface area contributed by atoms with E-state index in [1.807, 2.05) is 27.7 Å². The summed E-state index contributed by atoms with van der Waals surface area (Å²) in [5, 5.41) is 4.14. The van der Waals surface area contributed by atoms with Crippen LogP contribution in [-0.4, -0.2) is 27.9 Å². The minimum atomic E-state index is -0.455. The number of halogens is 2. The molecule has 0 heterocycles. The van der Waals surface area contributed by atoms with Crippen LogP contribution >= 0.6 is 31.9 Å². The quantitative estimate of drug-likeness (QED) is 0.808. The van der Waals surface area contributed by atoms with Gasteiger partial charge in [-0.2, -0.15) is 0 Å². The molecule has 0 unspecified atom stereocenters. The Hall–Kier alpha value is 0.230. The minimum Gasteiger partial charge on any atom is -0.444 e. The van der Waals surface area contributed by atoms with E-state index in [0.717, 1.165) is 0 Å². The van der Waals surface area contributed by atoms with Gasteiger partial charge in [0.1, 0.15) is 5.60 Å². The van der Waals surface area contributed by atoms with Crippen molar-refractivity contribution in [3.8, 4) is 0 Å². The Morgan fingerprint density at radius 2 is 1.64 bits per heavy atom. The molecule has 0 spiro atoms. The van der Waals surface area contributed by atoms with E-state index < -0.39 is 5.60 Å². The Morgan fingerprint density at radius 1 is 1.21 bits per heavy atom. The van der Waals surface area contributed by atoms with Gasteiger partial charge in [-0.3, -0.25) is 0 Å². The van der Waals surface area contributed by atoms with Crippen LogP contribution in [0.15, 0.2) is 0 Å². The Labute approximate surface area is 102 Å². The molecule has 0 radical (unpaired) electrons. The van der Waals surface area contributed by atoms with Gasteiger partial charge in [-0.15, -0.1) is 0 Å². The van der Waals surface area contributed by atoms with Gasteiger partial charge in [-0.25, -0.2) is 4.79 Å². The van der Waals surface area contributed by atoms with Crippen LogP contribution in [0.25, 0.3) is 0 Å². The highest BCUT2D eigenvalue weighted by Crippen LogP contribution is 2.13. The van der Waals surface area contributed by atoms with Gasteiger partial charge in [0.2, 0.25) is 0 Å². The molecule has 3 nitrogen and oxygen atoms in total. The van der Waals surface area contributed by atoms with Crippen molar-refractivity contribution in [2.45, 2.75) is 38.8 Å². The lowest BCUT2D eigenvalue weighted by Crippen LogP contribution is -2.50. The van der Waals surface area contributed by atoms with Gasteiger partial charge in [0.25, 0.3) is 0 Å². The molecule has 0 aliphatic carbocycles. The second-order valence-electron chi connectivity index (χ2n) is 4.45. The number of ether oxygens (including phenoxy) is 1. The zero-order valence-corrected chi connectivity index (χ0v) is 12.2. The topological polar surface area (TPSA) is 38.3 Å². The summed E-state index contributed by atoms with van der Waals surface area (Å²) in [7, 11) is 0. The van der Waals surface area contributed by atoms with Gasteiger partial charge < -0.3 is 10.1 Å². The Bertz CT molecular complexity index is 197. The first-order valence-corrected chi connectivity index (χ1v) is 6.60. The highest BCUT2D eigenvalue weighted by Gasteiger charge is 2.26. The van der Waals surface area contributed by atoms with Crippen molar-refractivity contribution < 1.29 is 9.53 Å². The maximum Gasteiger partial charge on any atom is 0.408 e. The summed E-state index contributed by atoms with van der Waals surface area (Å²) in [6, 6.07) is 0. The lowest BCUT2D eigenvalue weighted by molar-refractivity contribution is 0.0485. The second-order valence-corrected chi connectivity index (χ2v) is 5.58. The molecule has 0 saturated carbocycles. The number of carbonyl (C=O) groups is 1. The molecular weight excluding hydrogens is 314 g/mol. The molecule has 84 valence electrons. The average Bonchev–Trinajstić information content (AvgIpc) is 2.00. The highest BCUT2D eigenvalue weighted by atomic mass is 79.9. The van der Waals surface area contributed by atoms with E-state index in [4.69, 9.17) is 4.74 Å². The van der Waals surface area contributed by atoms with Crippen LogP contribution in [0, 0.1) is 0 Å². The van der Waals surface area contributed by atoms with E-state index in [-0.39, 0.29) is 11.6 Å². The van der Waals surface area contributed by atoms with E-state index >= 15 is 0 Å². The second kappa shape index (κ2) is 5.35. The first kappa shape index (κ1) is 14.2. The molecule has 14 heavy (non-hydrogen) atoms. The maximum absolute atomic E-state index is 11.4. The molecule has 0 aromatic heterocycles. The van der Waals surface area contributed by atoms with Gasteiger partial charge >= 0.3 is 6.09 Å². The van der Waals surface area contributed by atoms with Crippen LogP contribution < -0.4 is 5.32 Å². The third kappa shape index (κ3) is 5.86. The molecule has 0 aliphatic heterocycles. The molecule has 0 saturated heterocycles. The molecule has 0 aromatic carbocycles. The fraction of sp³-hybridized carbons (Fsp3) is 0.889. The van der Waals surface area contributed by atoms with Crippen LogP contribution in [-0.2, 0) is 4.74 Å². The molecule has 0 fully saturated rings. The summed E-state index contributed by atoms with van der Waals surface area (Å²) in [5.74, 6) is 0. The largest absolute Gasteiger partial charge is 0.444 e. The van der Waals surface area contributed by atoms with Crippen molar-refractivity contribution in [1.82, 2.24) is 5.32 Å². The van der Waals surface area contributed by atoms with Crippen LogP contribution in [0.4, 0.5) is 4.79 Å². The maximum atomic E-state index is 11.4. The van der Waals surface area contributed by atoms with Gasteiger partial charge in [0.05, 0.1) is 5.54 Å². The fourth-order valence-electron chi connectivity index (χ4n) is 0.653. The Morgan fingerprint density at radius 3 is 1.93 bits per heavy atom. The first-order valence-electron chi connectivity index (χ1n) is 4.35. The first-order chi connectivity index (χ1) is 6.22. The summed E-state index contributed by atoms with van der Waals surface area (Å²) in [5.41, 5.74) is -0.772. The lowest BCUT2D eigenvalue weighted by Gasteiger charge is -2.28. The lowest BCUT2D eigenvalue weighted by atomic mass is 10.1. The van der Waals surface area contributed by atoms with E-state index in [0.29, 0.717) is 10.7 Å². The van der Waals surface area contributed by atoms with Crippen LogP contribution in [0.2, 0.25) is 0 Å². The van der Waals surface area contributed by atoms with Gasteiger partial charge in [0, 0.05) is 10.7 Å². The number of alkyl halides is 2. The average molecular weight is 331 g/mol.